The van der Waals surface area contributed by atoms with Crippen LogP contribution in [-0.4, -0.2) is 35.0 Å². The Hall–Kier alpha value is -3.57. The number of halogens is 3. The minimum Gasteiger partial charge on any atom is -0.490 e. The molecule has 0 saturated carbocycles. The molecular weight excluding hydrogens is 647 g/mol. The number of carbonyl (C=O) groups excluding carboxylic acids is 1. The molecule has 1 aromatic heterocycles. The quantitative estimate of drug-likeness (QED) is 0.185. The predicted molar refractivity (Wildman–Crippen MR) is 161 cm³/mol. The Morgan fingerprint density at radius 3 is 2.62 bits per heavy atom. The Labute approximate surface area is 247 Å². The predicted octanol–water partition coefficient (Wildman–Crippen LogP) is 6.87. The lowest BCUT2D eigenvalue weighted by molar-refractivity contribution is -0.118. The van der Waals surface area contributed by atoms with E-state index >= 15 is 0 Å². The van der Waals surface area contributed by atoms with Crippen LogP contribution in [0.5, 0.6) is 11.5 Å². The summed E-state index contributed by atoms with van der Waals surface area (Å²) in [6, 6.07) is 14.4. The Morgan fingerprint density at radius 1 is 1.12 bits per heavy atom. The molecule has 208 valence electrons. The molecule has 0 saturated heterocycles. The summed E-state index contributed by atoms with van der Waals surface area (Å²) in [6.45, 7) is 5.89. The van der Waals surface area contributed by atoms with Gasteiger partial charge in [0.15, 0.2) is 18.1 Å². The summed E-state index contributed by atoms with van der Waals surface area (Å²) in [5.74, 6) is 0.362. The van der Waals surface area contributed by atoms with E-state index in [0.717, 1.165) is 10.9 Å². The second-order valence-electron chi connectivity index (χ2n) is 8.90. The molecule has 8 nitrogen and oxygen atoms in total. The molecule has 11 heteroatoms. The topological polar surface area (TPSA) is 94.8 Å². The average molecular weight is 674 g/mol. The van der Waals surface area contributed by atoms with Crippen molar-refractivity contribution in [2.24, 2.45) is 5.10 Å². The summed E-state index contributed by atoms with van der Waals surface area (Å²) < 4.78 is 27.6. The van der Waals surface area contributed by atoms with E-state index in [0.29, 0.717) is 50.6 Å². The number of ether oxygens (including phenoxy) is 2. The van der Waals surface area contributed by atoms with E-state index in [1.807, 2.05) is 32.9 Å². The number of amides is 1. The molecule has 0 bridgehead atoms. The molecule has 4 rings (SSSR count). The van der Waals surface area contributed by atoms with Gasteiger partial charge in [-0.15, -0.1) is 0 Å². The second-order valence-corrected chi connectivity index (χ2v) is 10.7. The largest absolute Gasteiger partial charge is 0.490 e. The number of rotatable bonds is 10. The second kappa shape index (κ2) is 13.2. The van der Waals surface area contributed by atoms with Gasteiger partial charge in [0, 0.05) is 26.1 Å². The van der Waals surface area contributed by atoms with Gasteiger partial charge in [-0.05, 0) is 77.8 Å². The van der Waals surface area contributed by atoms with E-state index in [1.54, 1.807) is 30.5 Å². The number of hydrogen-bond acceptors (Lipinski definition) is 6. The van der Waals surface area contributed by atoms with Crippen LogP contribution in [0.4, 0.5) is 10.1 Å². The number of anilines is 1. The molecule has 1 amide bonds. The fourth-order valence-electron chi connectivity index (χ4n) is 3.84. The number of nitrogens with one attached hydrogen (secondary N) is 1. The SMILES string of the molecule is CCOc1cc(C=Nn2c([C@@H](C)CC)nc3ccc(Br)cc3c2=O)c(Br)cc1OCC(=O)Nc1cccc(F)c1. The summed E-state index contributed by atoms with van der Waals surface area (Å²) in [4.78, 5) is 30.5. The number of aromatic nitrogens is 2. The number of carbonyl (C=O) groups is 1. The van der Waals surface area contributed by atoms with Crippen LogP contribution in [0.3, 0.4) is 0 Å². The smallest absolute Gasteiger partial charge is 0.282 e. The fourth-order valence-corrected chi connectivity index (χ4v) is 4.62. The van der Waals surface area contributed by atoms with Gasteiger partial charge >= 0.3 is 0 Å². The molecule has 1 N–H and O–H groups in total. The fraction of sp³-hybridized carbons (Fsp3) is 0.241. The van der Waals surface area contributed by atoms with Crippen LogP contribution in [0.2, 0.25) is 0 Å². The monoisotopic (exact) mass is 672 g/mol. The van der Waals surface area contributed by atoms with Gasteiger partial charge in [-0.2, -0.15) is 9.78 Å². The zero-order chi connectivity index (χ0) is 28.8. The van der Waals surface area contributed by atoms with Crippen LogP contribution in [0.15, 0.2) is 73.4 Å². The van der Waals surface area contributed by atoms with Gasteiger partial charge in [-0.25, -0.2) is 9.37 Å². The average Bonchev–Trinajstić information content (AvgIpc) is 2.93. The molecule has 0 unspecified atom stereocenters. The van der Waals surface area contributed by atoms with Crippen LogP contribution in [-0.2, 0) is 4.79 Å². The van der Waals surface area contributed by atoms with Crippen molar-refractivity contribution < 1.29 is 18.7 Å². The van der Waals surface area contributed by atoms with Crippen molar-refractivity contribution in [3.63, 3.8) is 0 Å². The van der Waals surface area contributed by atoms with Gasteiger partial charge in [0.2, 0.25) is 0 Å². The van der Waals surface area contributed by atoms with Crippen molar-refractivity contribution in [2.75, 3.05) is 18.5 Å². The van der Waals surface area contributed by atoms with Crippen LogP contribution < -0.4 is 20.3 Å². The zero-order valence-electron chi connectivity index (χ0n) is 22.1. The van der Waals surface area contributed by atoms with Crippen molar-refractivity contribution in [3.05, 3.63) is 91.1 Å². The highest BCUT2D eigenvalue weighted by atomic mass is 79.9. The maximum Gasteiger partial charge on any atom is 0.282 e. The van der Waals surface area contributed by atoms with Crippen LogP contribution in [0.1, 0.15) is 44.5 Å². The first-order valence-corrected chi connectivity index (χ1v) is 14.2. The molecule has 40 heavy (non-hydrogen) atoms. The Morgan fingerprint density at radius 2 is 1.90 bits per heavy atom. The molecule has 1 heterocycles. The van der Waals surface area contributed by atoms with Gasteiger partial charge < -0.3 is 14.8 Å². The molecular formula is C29H27Br2FN4O4. The number of nitrogens with zero attached hydrogens (tertiary/aromatic N) is 3. The van der Waals surface area contributed by atoms with E-state index in [-0.39, 0.29) is 18.1 Å². The van der Waals surface area contributed by atoms with E-state index in [4.69, 9.17) is 14.5 Å². The maximum absolute atomic E-state index is 13.4. The minimum absolute atomic E-state index is 0.00498. The normalized spacial score (nSPS) is 12.1. The highest BCUT2D eigenvalue weighted by Crippen LogP contribution is 2.33. The number of hydrogen-bond donors (Lipinski definition) is 1. The summed E-state index contributed by atoms with van der Waals surface area (Å²) in [5, 5.41) is 7.57. The minimum atomic E-state index is -0.456. The van der Waals surface area contributed by atoms with Gasteiger partial charge in [0.1, 0.15) is 11.6 Å². The number of benzene rings is 3. The zero-order valence-corrected chi connectivity index (χ0v) is 25.3. The summed E-state index contributed by atoms with van der Waals surface area (Å²) in [6.07, 6.45) is 2.33. The van der Waals surface area contributed by atoms with Crippen LogP contribution in [0, 0.1) is 5.82 Å². The molecule has 0 fully saturated rings. The molecule has 0 aliphatic rings. The van der Waals surface area contributed by atoms with E-state index in [9.17, 15) is 14.0 Å². The van der Waals surface area contributed by atoms with Crippen LogP contribution in [0.25, 0.3) is 10.9 Å². The van der Waals surface area contributed by atoms with Crippen molar-refractivity contribution in [1.82, 2.24) is 9.66 Å². The van der Waals surface area contributed by atoms with Crippen LogP contribution >= 0.6 is 31.9 Å². The summed E-state index contributed by atoms with van der Waals surface area (Å²) >= 11 is 6.95. The summed E-state index contributed by atoms with van der Waals surface area (Å²) in [5.41, 5.74) is 1.28. The molecule has 4 aromatic rings. The van der Waals surface area contributed by atoms with E-state index < -0.39 is 11.7 Å². The van der Waals surface area contributed by atoms with E-state index in [1.165, 1.54) is 22.9 Å². The van der Waals surface area contributed by atoms with E-state index in [2.05, 4.69) is 42.3 Å². The first-order valence-electron chi connectivity index (χ1n) is 12.6. The van der Waals surface area contributed by atoms with Crippen molar-refractivity contribution >= 4 is 60.6 Å². The molecule has 0 aliphatic carbocycles. The molecule has 3 aromatic carbocycles. The third kappa shape index (κ3) is 6.95. The van der Waals surface area contributed by atoms with Crippen molar-refractivity contribution in [1.29, 1.82) is 0 Å². The maximum atomic E-state index is 13.4. The Bertz CT molecular complexity index is 1640. The molecule has 1 atom stereocenters. The number of fused-ring (bicyclic) bond motifs is 1. The van der Waals surface area contributed by atoms with Gasteiger partial charge in [-0.1, -0.05) is 35.8 Å². The Kier molecular flexibility index (Phi) is 9.70. The first kappa shape index (κ1) is 29.4. The lowest BCUT2D eigenvalue weighted by atomic mass is 10.1. The van der Waals surface area contributed by atoms with Gasteiger partial charge in [-0.3, -0.25) is 9.59 Å². The first-order chi connectivity index (χ1) is 19.2. The third-order valence-electron chi connectivity index (χ3n) is 6.03. The lowest BCUT2D eigenvalue weighted by Gasteiger charge is -2.15. The van der Waals surface area contributed by atoms with Crippen molar-refractivity contribution in [3.8, 4) is 11.5 Å². The molecule has 0 radical (unpaired) electrons. The standard InChI is InChI=1S/C29H27Br2FN4O4/c1-4-17(3)28-35-24-10-9-19(30)12-22(24)29(38)36(28)33-15-18-11-25(39-5-2)26(14-23(18)31)40-16-27(37)34-21-8-6-7-20(32)13-21/h6-15,17H,4-5,16H2,1-3H3,(H,34,37)/t17-/m0/s1. The van der Waals surface area contributed by atoms with Crippen molar-refractivity contribution in [2.45, 2.75) is 33.1 Å². The lowest BCUT2D eigenvalue weighted by Crippen LogP contribution is -2.23. The highest BCUT2D eigenvalue weighted by molar-refractivity contribution is 9.10. The van der Waals surface area contributed by atoms with Gasteiger partial charge in [0.25, 0.3) is 11.5 Å². The molecule has 0 aliphatic heterocycles. The highest BCUT2D eigenvalue weighted by Gasteiger charge is 2.17. The summed E-state index contributed by atoms with van der Waals surface area (Å²) in [7, 11) is 0. The molecule has 0 spiro atoms. The Balaban J connectivity index is 1.63. The third-order valence-corrected chi connectivity index (χ3v) is 7.21. The van der Waals surface area contributed by atoms with Gasteiger partial charge in [0.05, 0.1) is 23.7 Å².